The predicted octanol–water partition coefficient (Wildman–Crippen LogP) is 1.59. The fourth-order valence-electron chi connectivity index (χ4n) is 1.73. The molecule has 0 unspecified atom stereocenters. The molecule has 104 valence electrons. The van der Waals surface area contributed by atoms with Crippen LogP contribution in [-0.2, 0) is 6.42 Å². The average molecular weight is 273 g/mol. The summed E-state index contributed by atoms with van der Waals surface area (Å²) >= 11 is 0. The summed E-state index contributed by atoms with van der Waals surface area (Å²) < 4.78 is 5.21. The minimum atomic E-state index is -0.409. The third-order valence-electron chi connectivity index (χ3n) is 2.83. The highest BCUT2D eigenvalue weighted by molar-refractivity contribution is 6.03. The molecule has 20 heavy (non-hydrogen) atoms. The molecule has 2 rings (SSSR count). The topological polar surface area (TPSA) is 84.1 Å². The number of anilines is 1. The highest BCUT2D eigenvalue weighted by atomic mass is 16.5. The summed E-state index contributed by atoms with van der Waals surface area (Å²) in [6.45, 7) is 2.02. The number of benzene rings is 1. The van der Waals surface area contributed by atoms with E-state index in [0.717, 1.165) is 12.0 Å². The van der Waals surface area contributed by atoms with Gasteiger partial charge in [-0.25, -0.2) is 5.10 Å². The van der Waals surface area contributed by atoms with Crippen LogP contribution in [0.3, 0.4) is 0 Å². The summed E-state index contributed by atoms with van der Waals surface area (Å²) in [6.07, 6.45) is 0.851. The van der Waals surface area contributed by atoms with Crippen LogP contribution < -0.4 is 15.6 Å². The van der Waals surface area contributed by atoms with Crippen LogP contribution in [0, 0.1) is 0 Å². The van der Waals surface area contributed by atoms with E-state index >= 15 is 0 Å². The monoisotopic (exact) mass is 273 g/mol. The second-order valence-electron chi connectivity index (χ2n) is 4.15. The lowest BCUT2D eigenvalue weighted by Crippen LogP contribution is -2.18. The van der Waals surface area contributed by atoms with Crippen molar-refractivity contribution in [3.8, 4) is 5.75 Å². The molecule has 1 heterocycles. The van der Waals surface area contributed by atoms with Crippen molar-refractivity contribution in [1.29, 1.82) is 0 Å². The molecular weight excluding hydrogens is 258 g/mol. The van der Waals surface area contributed by atoms with Gasteiger partial charge in [0, 0.05) is 6.07 Å². The van der Waals surface area contributed by atoms with E-state index in [0.29, 0.717) is 11.4 Å². The van der Waals surface area contributed by atoms with Crippen LogP contribution in [0.1, 0.15) is 23.0 Å². The summed E-state index contributed by atoms with van der Waals surface area (Å²) in [6, 6.07) is 8.20. The summed E-state index contributed by atoms with van der Waals surface area (Å²) in [5.74, 6) is 0.160. The average Bonchev–Trinajstić information content (AvgIpc) is 2.47. The van der Waals surface area contributed by atoms with E-state index in [1.165, 1.54) is 19.2 Å². The molecule has 2 aromatic rings. The molecule has 0 atom stereocenters. The quantitative estimate of drug-likeness (QED) is 0.886. The van der Waals surface area contributed by atoms with Gasteiger partial charge in [0.1, 0.15) is 11.4 Å². The van der Waals surface area contributed by atoms with Crippen LogP contribution in [0.15, 0.2) is 35.1 Å². The number of H-pyrrole nitrogens is 1. The van der Waals surface area contributed by atoms with Crippen LogP contribution in [0.25, 0.3) is 0 Å². The molecule has 0 spiro atoms. The number of ether oxygens (including phenoxy) is 1. The first-order chi connectivity index (χ1) is 9.63. The summed E-state index contributed by atoms with van der Waals surface area (Å²) in [5, 5.41) is 8.63. The predicted molar refractivity (Wildman–Crippen MR) is 75.2 cm³/mol. The lowest BCUT2D eigenvalue weighted by molar-refractivity contribution is 0.102. The first-order valence-electron chi connectivity index (χ1n) is 6.18. The Morgan fingerprint density at radius 3 is 2.75 bits per heavy atom. The highest BCUT2D eigenvalue weighted by Gasteiger charge is 2.11. The van der Waals surface area contributed by atoms with Crippen molar-refractivity contribution in [3.05, 3.63) is 51.9 Å². The maximum Gasteiger partial charge on any atom is 0.276 e. The number of aromatic amines is 1. The molecule has 0 saturated heterocycles. The zero-order valence-electron chi connectivity index (χ0n) is 11.3. The molecule has 6 nitrogen and oxygen atoms in total. The first kappa shape index (κ1) is 13.8. The molecule has 0 aliphatic heterocycles. The van der Waals surface area contributed by atoms with Crippen LogP contribution in [0.2, 0.25) is 0 Å². The van der Waals surface area contributed by atoms with Crippen molar-refractivity contribution in [2.24, 2.45) is 0 Å². The van der Waals surface area contributed by atoms with Crippen molar-refractivity contribution in [2.75, 3.05) is 12.4 Å². The number of nitrogens with zero attached hydrogens (tertiary/aromatic N) is 1. The van der Waals surface area contributed by atoms with Gasteiger partial charge < -0.3 is 10.1 Å². The molecule has 1 aromatic carbocycles. The standard InChI is InChI=1S/C14H15N3O3/c1-3-9-4-6-12(20-2)11(8-9)15-14(19)10-5-7-13(18)17-16-10/h4-8H,3H2,1-2H3,(H,15,19)(H,17,18). The number of hydrogen-bond donors (Lipinski definition) is 2. The molecule has 0 aliphatic carbocycles. The second kappa shape index (κ2) is 6.01. The molecule has 0 bridgehead atoms. The van der Waals surface area contributed by atoms with Gasteiger partial charge in [0.15, 0.2) is 0 Å². The van der Waals surface area contributed by atoms with Gasteiger partial charge in [-0.3, -0.25) is 9.59 Å². The van der Waals surface area contributed by atoms with E-state index in [1.807, 2.05) is 19.1 Å². The maximum atomic E-state index is 12.0. The molecule has 0 aliphatic rings. The molecule has 0 saturated carbocycles. The van der Waals surface area contributed by atoms with Crippen LogP contribution in [0.5, 0.6) is 5.75 Å². The van der Waals surface area contributed by atoms with Crippen LogP contribution >= 0.6 is 0 Å². The highest BCUT2D eigenvalue weighted by Crippen LogP contribution is 2.26. The normalized spacial score (nSPS) is 10.1. The second-order valence-corrected chi connectivity index (χ2v) is 4.15. The smallest absolute Gasteiger partial charge is 0.276 e. The first-order valence-corrected chi connectivity index (χ1v) is 6.18. The van der Waals surface area contributed by atoms with Gasteiger partial charge >= 0.3 is 0 Å². The molecule has 1 amide bonds. The Bertz CT molecular complexity index is 659. The Morgan fingerprint density at radius 1 is 1.35 bits per heavy atom. The Balaban J connectivity index is 2.26. The van der Waals surface area contributed by atoms with E-state index < -0.39 is 5.91 Å². The molecular formula is C14H15N3O3. The zero-order chi connectivity index (χ0) is 14.5. The number of nitrogens with one attached hydrogen (secondary N) is 2. The van der Waals surface area contributed by atoms with Crippen molar-refractivity contribution >= 4 is 11.6 Å². The third-order valence-corrected chi connectivity index (χ3v) is 2.83. The number of aryl methyl sites for hydroxylation is 1. The fraction of sp³-hybridized carbons (Fsp3) is 0.214. The van der Waals surface area contributed by atoms with Crippen molar-refractivity contribution < 1.29 is 9.53 Å². The maximum absolute atomic E-state index is 12.0. The van der Waals surface area contributed by atoms with Gasteiger partial charge in [-0.05, 0) is 30.2 Å². The van der Waals surface area contributed by atoms with E-state index in [1.54, 1.807) is 6.07 Å². The Morgan fingerprint density at radius 2 is 2.15 bits per heavy atom. The number of amides is 1. The Labute approximate surface area is 115 Å². The third kappa shape index (κ3) is 3.03. The minimum absolute atomic E-state index is 0.133. The number of carbonyl (C=O) groups excluding carboxylic acids is 1. The summed E-state index contributed by atoms with van der Waals surface area (Å²) in [7, 11) is 1.54. The zero-order valence-corrected chi connectivity index (χ0v) is 11.3. The van der Waals surface area contributed by atoms with Gasteiger partial charge in [0.2, 0.25) is 0 Å². The van der Waals surface area contributed by atoms with E-state index in [9.17, 15) is 9.59 Å². The van der Waals surface area contributed by atoms with Crippen LogP contribution in [0.4, 0.5) is 5.69 Å². The Hall–Kier alpha value is -2.63. The largest absolute Gasteiger partial charge is 0.495 e. The van der Waals surface area contributed by atoms with Gasteiger partial charge in [-0.2, -0.15) is 5.10 Å². The molecule has 0 radical (unpaired) electrons. The van der Waals surface area contributed by atoms with Crippen LogP contribution in [-0.4, -0.2) is 23.2 Å². The lowest BCUT2D eigenvalue weighted by atomic mass is 10.1. The fourth-order valence-corrected chi connectivity index (χ4v) is 1.73. The molecule has 2 N–H and O–H groups in total. The number of hydrogen-bond acceptors (Lipinski definition) is 4. The van der Waals surface area contributed by atoms with Gasteiger partial charge in [-0.15, -0.1) is 0 Å². The minimum Gasteiger partial charge on any atom is -0.495 e. The van der Waals surface area contributed by atoms with Gasteiger partial charge in [0.05, 0.1) is 12.8 Å². The molecule has 0 fully saturated rings. The Kier molecular flexibility index (Phi) is 4.14. The van der Waals surface area contributed by atoms with E-state index in [2.05, 4.69) is 15.5 Å². The molecule has 1 aromatic heterocycles. The lowest BCUT2D eigenvalue weighted by Gasteiger charge is -2.11. The SMILES string of the molecule is CCc1ccc(OC)c(NC(=O)c2ccc(=O)[nH]n2)c1. The van der Waals surface area contributed by atoms with Gasteiger partial charge in [0.25, 0.3) is 11.5 Å². The number of methoxy groups -OCH3 is 1. The number of carbonyl (C=O) groups is 1. The van der Waals surface area contributed by atoms with Gasteiger partial charge in [-0.1, -0.05) is 13.0 Å². The van der Waals surface area contributed by atoms with E-state index in [4.69, 9.17) is 4.74 Å². The van der Waals surface area contributed by atoms with Crippen molar-refractivity contribution in [2.45, 2.75) is 13.3 Å². The number of rotatable bonds is 4. The summed E-state index contributed by atoms with van der Waals surface area (Å²) in [5.41, 5.74) is 1.43. The summed E-state index contributed by atoms with van der Waals surface area (Å²) in [4.78, 5) is 23.0. The molecule has 6 heteroatoms. The van der Waals surface area contributed by atoms with Crippen molar-refractivity contribution in [3.63, 3.8) is 0 Å². The van der Waals surface area contributed by atoms with E-state index in [-0.39, 0.29) is 11.3 Å². The van der Waals surface area contributed by atoms with Crippen molar-refractivity contribution in [1.82, 2.24) is 10.2 Å². The number of aromatic nitrogens is 2.